The highest BCUT2D eigenvalue weighted by atomic mass is 16.4. The van der Waals surface area contributed by atoms with Gasteiger partial charge in [0.05, 0.1) is 5.92 Å². The molecule has 2 aromatic heterocycles. The Morgan fingerprint density at radius 2 is 2.21 bits per heavy atom. The Morgan fingerprint density at radius 3 is 2.79 bits per heavy atom. The predicted octanol–water partition coefficient (Wildman–Crippen LogP) is 1.62. The molecule has 0 unspecified atom stereocenters. The van der Waals surface area contributed by atoms with Gasteiger partial charge in [-0.15, -0.1) is 0 Å². The third-order valence-electron chi connectivity index (χ3n) is 4.70. The number of nitrogens with one attached hydrogen (secondary N) is 1. The smallest absolute Gasteiger partial charge is 0.308 e. The minimum absolute atomic E-state index is 0.182. The van der Waals surface area contributed by atoms with Crippen LogP contribution < -0.4 is 0 Å². The van der Waals surface area contributed by atoms with Crippen LogP contribution in [0.25, 0.3) is 0 Å². The zero-order chi connectivity index (χ0) is 17.3. The summed E-state index contributed by atoms with van der Waals surface area (Å²) in [5.41, 5.74) is 2.98. The van der Waals surface area contributed by atoms with E-state index in [1.54, 1.807) is 23.4 Å². The van der Waals surface area contributed by atoms with Crippen molar-refractivity contribution in [3.63, 3.8) is 0 Å². The normalized spacial score (nSPS) is 20.3. The average molecular weight is 328 g/mol. The average Bonchev–Trinajstić information content (AvgIpc) is 3.19. The number of carboxylic acid groups (broad SMARTS) is 1. The summed E-state index contributed by atoms with van der Waals surface area (Å²) in [5.74, 6) is -2.01. The molecular weight excluding hydrogens is 308 g/mol. The van der Waals surface area contributed by atoms with Crippen LogP contribution in [0.2, 0.25) is 0 Å². The van der Waals surface area contributed by atoms with Crippen molar-refractivity contribution in [3.05, 3.63) is 47.0 Å². The highest BCUT2D eigenvalue weighted by Crippen LogP contribution is 2.33. The van der Waals surface area contributed by atoms with Crippen molar-refractivity contribution in [1.29, 1.82) is 0 Å². The number of aliphatic carboxylic acids is 1. The van der Waals surface area contributed by atoms with E-state index in [1.165, 1.54) is 0 Å². The molecule has 2 aromatic rings. The van der Waals surface area contributed by atoms with Gasteiger partial charge in [-0.1, -0.05) is 13.0 Å². The summed E-state index contributed by atoms with van der Waals surface area (Å²) in [7, 11) is 0. The van der Waals surface area contributed by atoms with Crippen molar-refractivity contribution in [2.24, 2.45) is 5.92 Å². The lowest BCUT2D eigenvalue weighted by Crippen LogP contribution is -2.30. The second-order valence-corrected chi connectivity index (χ2v) is 6.08. The topological polar surface area (TPSA) is 99.2 Å². The first-order chi connectivity index (χ1) is 11.5. The van der Waals surface area contributed by atoms with E-state index in [9.17, 15) is 14.7 Å². The number of pyridine rings is 1. The number of likely N-dealkylation sites (tertiary alicyclic amines) is 1. The Hall–Kier alpha value is -2.70. The van der Waals surface area contributed by atoms with Crippen molar-refractivity contribution in [2.45, 2.75) is 26.2 Å². The predicted molar refractivity (Wildman–Crippen MR) is 86.7 cm³/mol. The zero-order valence-corrected chi connectivity index (χ0v) is 13.7. The molecule has 7 nitrogen and oxygen atoms in total. The maximum Gasteiger partial charge on any atom is 0.308 e. The number of hydrogen-bond donors (Lipinski definition) is 2. The molecule has 1 saturated heterocycles. The molecule has 1 fully saturated rings. The Balaban J connectivity index is 1.86. The molecular formula is C17H20N4O3. The van der Waals surface area contributed by atoms with Gasteiger partial charge in [0.1, 0.15) is 0 Å². The first-order valence-electron chi connectivity index (χ1n) is 7.98. The van der Waals surface area contributed by atoms with E-state index in [0.717, 1.165) is 23.2 Å². The molecule has 0 saturated carbocycles. The van der Waals surface area contributed by atoms with Gasteiger partial charge in [0.25, 0.3) is 5.91 Å². The van der Waals surface area contributed by atoms with E-state index in [1.807, 2.05) is 19.9 Å². The molecule has 2 N–H and O–H groups in total. The first-order valence-corrected chi connectivity index (χ1v) is 7.98. The van der Waals surface area contributed by atoms with Crippen molar-refractivity contribution in [2.75, 3.05) is 13.1 Å². The quantitative estimate of drug-likeness (QED) is 0.888. The van der Waals surface area contributed by atoms with Gasteiger partial charge in [0, 0.05) is 42.7 Å². The Bertz CT molecular complexity index is 756. The van der Waals surface area contributed by atoms with E-state index in [0.29, 0.717) is 12.2 Å². The minimum Gasteiger partial charge on any atom is -0.481 e. The monoisotopic (exact) mass is 328 g/mol. The van der Waals surface area contributed by atoms with Gasteiger partial charge in [-0.3, -0.25) is 19.7 Å². The summed E-state index contributed by atoms with van der Waals surface area (Å²) >= 11 is 0. The molecule has 126 valence electrons. The van der Waals surface area contributed by atoms with E-state index >= 15 is 0 Å². The van der Waals surface area contributed by atoms with Crippen molar-refractivity contribution >= 4 is 11.9 Å². The fourth-order valence-electron chi connectivity index (χ4n) is 3.29. The third kappa shape index (κ3) is 2.77. The highest BCUT2D eigenvalue weighted by molar-refractivity contribution is 5.94. The van der Waals surface area contributed by atoms with Crippen LogP contribution in [0.1, 0.15) is 40.2 Å². The Morgan fingerprint density at radius 1 is 1.42 bits per heavy atom. The lowest BCUT2D eigenvalue weighted by atomic mass is 9.90. The fraction of sp³-hybridized carbons (Fsp3) is 0.412. The minimum atomic E-state index is -0.896. The van der Waals surface area contributed by atoms with Gasteiger partial charge in [-0.2, -0.15) is 5.10 Å². The van der Waals surface area contributed by atoms with Crippen LogP contribution in [-0.4, -0.2) is 50.2 Å². The maximum atomic E-state index is 12.8. The molecule has 0 radical (unpaired) electrons. The Kier molecular flexibility index (Phi) is 4.33. The molecule has 0 bridgehead atoms. The molecule has 0 aromatic carbocycles. The zero-order valence-electron chi connectivity index (χ0n) is 13.7. The number of aromatic nitrogens is 3. The van der Waals surface area contributed by atoms with Crippen LogP contribution in [0.15, 0.2) is 24.5 Å². The summed E-state index contributed by atoms with van der Waals surface area (Å²) in [6.07, 6.45) is 4.09. The van der Waals surface area contributed by atoms with Gasteiger partial charge in [-0.25, -0.2) is 0 Å². The molecule has 0 spiro atoms. The van der Waals surface area contributed by atoms with E-state index in [2.05, 4.69) is 15.2 Å². The number of aryl methyl sites for hydroxylation is 1. The number of hydrogen-bond acceptors (Lipinski definition) is 4. The van der Waals surface area contributed by atoms with Crippen LogP contribution in [0.3, 0.4) is 0 Å². The summed E-state index contributed by atoms with van der Waals surface area (Å²) in [6.45, 7) is 4.39. The molecule has 3 heterocycles. The largest absolute Gasteiger partial charge is 0.481 e. The van der Waals surface area contributed by atoms with Crippen LogP contribution in [0.5, 0.6) is 0 Å². The van der Waals surface area contributed by atoms with Crippen molar-refractivity contribution < 1.29 is 14.7 Å². The maximum absolute atomic E-state index is 12.8. The molecule has 7 heteroatoms. The van der Waals surface area contributed by atoms with E-state index in [-0.39, 0.29) is 18.4 Å². The number of carboxylic acids is 1. The third-order valence-corrected chi connectivity index (χ3v) is 4.70. The second-order valence-electron chi connectivity index (χ2n) is 6.08. The number of amides is 1. The van der Waals surface area contributed by atoms with Crippen molar-refractivity contribution in [1.82, 2.24) is 20.1 Å². The van der Waals surface area contributed by atoms with Crippen LogP contribution in [0, 0.1) is 12.8 Å². The van der Waals surface area contributed by atoms with Gasteiger partial charge >= 0.3 is 5.97 Å². The van der Waals surface area contributed by atoms with Gasteiger partial charge in [-0.05, 0) is 25.0 Å². The lowest BCUT2D eigenvalue weighted by Gasteiger charge is -2.15. The molecule has 2 atom stereocenters. The molecule has 1 aliphatic heterocycles. The lowest BCUT2D eigenvalue weighted by molar-refractivity contribution is -0.141. The molecule has 1 amide bonds. The summed E-state index contributed by atoms with van der Waals surface area (Å²) in [6, 6.07) is 3.64. The van der Waals surface area contributed by atoms with Crippen LogP contribution >= 0.6 is 0 Å². The van der Waals surface area contributed by atoms with Gasteiger partial charge in [0.15, 0.2) is 5.69 Å². The highest BCUT2D eigenvalue weighted by Gasteiger charge is 2.41. The number of carbonyl (C=O) groups is 2. The SMILES string of the molecule is CCc1[nH]nc(C(=O)N2C[C@@H](C(=O)O)[C@H](c3cccnc3)C2)c1C. The molecule has 24 heavy (non-hydrogen) atoms. The van der Waals surface area contributed by atoms with Gasteiger partial charge < -0.3 is 10.0 Å². The van der Waals surface area contributed by atoms with E-state index in [4.69, 9.17) is 0 Å². The van der Waals surface area contributed by atoms with E-state index < -0.39 is 11.9 Å². The summed E-state index contributed by atoms with van der Waals surface area (Å²) in [4.78, 5) is 30.1. The second kappa shape index (κ2) is 6.43. The van der Waals surface area contributed by atoms with Crippen LogP contribution in [-0.2, 0) is 11.2 Å². The number of rotatable bonds is 4. The number of nitrogens with zero attached hydrogens (tertiary/aromatic N) is 3. The molecule has 0 aliphatic carbocycles. The molecule has 3 rings (SSSR count). The number of carbonyl (C=O) groups excluding carboxylic acids is 1. The summed E-state index contributed by atoms with van der Waals surface area (Å²) in [5, 5.41) is 16.5. The first kappa shape index (κ1) is 16.2. The number of H-pyrrole nitrogens is 1. The fourth-order valence-corrected chi connectivity index (χ4v) is 3.29. The van der Waals surface area contributed by atoms with Gasteiger partial charge in [0.2, 0.25) is 0 Å². The number of aromatic amines is 1. The Labute approximate surface area is 139 Å². The standard InChI is InChI=1S/C17H20N4O3/c1-3-14-10(2)15(20-19-14)16(22)21-8-12(13(9-21)17(23)24)11-5-4-6-18-7-11/h4-7,12-13H,3,8-9H2,1-2H3,(H,19,20)(H,23,24)/t12-,13+/m0/s1. The molecule has 1 aliphatic rings. The summed E-state index contributed by atoms with van der Waals surface area (Å²) < 4.78 is 0. The van der Waals surface area contributed by atoms with Crippen molar-refractivity contribution in [3.8, 4) is 0 Å². The van der Waals surface area contributed by atoms with Crippen LogP contribution in [0.4, 0.5) is 0 Å².